The van der Waals surface area contributed by atoms with E-state index in [0.29, 0.717) is 23.8 Å². The highest BCUT2D eigenvalue weighted by atomic mass is 79.9. The van der Waals surface area contributed by atoms with Crippen LogP contribution in [0.15, 0.2) is 57.4 Å². The lowest BCUT2D eigenvalue weighted by molar-refractivity contribution is 0.0422. The Morgan fingerprint density at radius 3 is 2.29 bits per heavy atom. The van der Waals surface area contributed by atoms with Gasteiger partial charge in [-0.25, -0.2) is 0 Å². The molecule has 1 saturated carbocycles. The molecule has 2 heterocycles. The fourth-order valence-corrected chi connectivity index (χ4v) is 4.92. The number of methoxy groups -OCH3 is 2. The van der Waals surface area contributed by atoms with Crippen LogP contribution in [0.25, 0.3) is 11.3 Å². The molecule has 0 spiro atoms. The normalized spacial score (nSPS) is 16.8. The second-order valence-electron chi connectivity index (χ2n) is 9.12. The van der Waals surface area contributed by atoms with E-state index in [9.17, 15) is 0 Å². The van der Waals surface area contributed by atoms with Crippen LogP contribution >= 0.6 is 15.9 Å². The molecule has 1 saturated heterocycles. The van der Waals surface area contributed by atoms with Crippen molar-refractivity contribution < 1.29 is 23.4 Å². The molecule has 2 aromatic carbocycles. The van der Waals surface area contributed by atoms with Crippen LogP contribution in [0.5, 0.6) is 11.5 Å². The SMILES string of the molecule is COc1cc(-c2ccc(CC(OCC3CC3)c3ccc(N4CCOCC4)cc3)o2)cc(OC)c1Br. The van der Waals surface area contributed by atoms with E-state index in [1.807, 2.05) is 24.3 Å². The lowest BCUT2D eigenvalue weighted by Crippen LogP contribution is -2.36. The monoisotopic (exact) mass is 541 g/mol. The highest BCUT2D eigenvalue weighted by Crippen LogP contribution is 2.40. The second kappa shape index (κ2) is 11.1. The van der Waals surface area contributed by atoms with Gasteiger partial charge in [0.05, 0.1) is 40.1 Å². The molecule has 35 heavy (non-hydrogen) atoms. The lowest BCUT2D eigenvalue weighted by Gasteiger charge is -2.29. The van der Waals surface area contributed by atoms with Gasteiger partial charge in [-0.05, 0) is 76.7 Å². The maximum Gasteiger partial charge on any atom is 0.137 e. The molecule has 186 valence electrons. The Kier molecular flexibility index (Phi) is 7.66. The number of ether oxygens (including phenoxy) is 4. The minimum Gasteiger partial charge on any atom is -0.495 e. The minimum atomic E-state index is -0.0534. The Morgan fingerprint density at radius 1 is 0.971 bits per heavy atom. The van der Waals surface area contributed by atoms with Crippen molar-refractivity contribution in [2.75, 3.05) is 52.0 Å². The lowest BCUT2D eigenvalue weighted by atomic mass is 10.0. The molecular weight excluding hydrogens is 510 g/mol. The fourth-order valence-electron chi connectivity index (χ4n) is 4.37. The van der Waals surface area contributed by atoms with Crippen LogP contribution in [-0.2, 0) is 15.9 Å². The summed E-state index contributed by atoms with van der Waals surface area (Å²) < 4.78 is 29.9. The van der Waals surface area contributed by atoms with Gasteiger partial charge in [-0.1, -0.05) is 12.1 Å². The highest BCUT2D eigenvalue weighted by molar-refractivity contribution is 9.10. The molecule has 1 unspecified atom stereocenters. The molecule has 2 fully saturated rings. The van der Waals surface area contributed by atoms with Crippen LogP contribution in [-0.4, -0.2) is 47.1 Å². The number of anilines is 1. The van der Waals surface area contributed by atoms with Crippen molar-refractivity contribution in [2.24, 2.45) is 5.92 Å². The molecule has 7 heteroatoms. The van der Waals surface area contributed by atoms with Crippen molar-refractivity contribution in [3.63, 3.8) is 0 Å². The smallest absolute Gasteiger partial charge is 0.137 e. The Balaban J connectivity index is 1.34. The summed E-state index contributed by atoms with van der Waals surface area (Å²) in [4.78, 5) is 2.37. The molecule has 1 atom stereocenters. The Morgan fingerprint density at radius 2 is 1.66 bits per heavy atom. The zero-order valence-electron chi connectivity index (χ0n) is 20.3. The van der Waals surface area contributed by atoms with E-state index in [2.05, 4.69) is 45.1 Å². The molecular formula is C28H32BrNO5. The van der Waals surface area contributed by atoms with E-state index in [0.717, 1.165) is 54.5 Å². The first-order valence-corrected chi connectivity index (χ1v) is 13.0. The van der Waals surface area contributed by atoms with Gasteiger partial charge in [-0.3, -0.25) is 0 Å². The Bertz CT molecular complexity index is 1090. The molecule has 1 aromatic heterocycles. The van der Waals surface area contributed by atoms with Crippen LogP contribution in [0.1, 0.15) is 30.3 Å². The zero-order chi connectivity index (χ0) is 24.2. The zero-order valence-corrected chi connectivity index (χ0v) is 21.9. The molecule has 5 rings (SSSR count). The summed E-state index contributed by atoms with van der Waals surface area (Å²) in [5, 5.41) is 0. The summed E-state index contributed by atoms with van der Waals surface area (Å²) in [5.74, 6) is 3.75. The number of morpholine rings is 1. The number of halogens is 1. The van der Waals surface area contributed by atoms with Crippen molar-refractivity contribution in [1.29, 1.82) is 0 Å². The van der Waals surface area contributed by atoms with Gasteiger partial charge in [0.15, 0.2) is 0 Å². The Hall–Kier alpha value is -2.48. The summed E-state index contributed by atoms with van der Waals surface area (Å²) in [6, 6.07) is 16.7. The number of hydrogen-bond donors (Lipinski definition) is 0. The molecule has 1 aliphatic heterocycles. The maximum atomic E-state index is 6.41. The van der Waals surface area contributed by atoms with Gasteiger partial charge >= 0.3 is 0 Å². The van der Waals surface area contributed by atoms with Crippen molar-refractivity contribution in [2.45, 2.75) is 25.4 Å². The molecule has 3 aromatic rings. The van der Waals surface area contributed by atoms with Gasteiger partial charge < -0.3 is 28.3 Å². The second-order valence-corrected chi connectivity index (χ2v) is 9.91. The van der Waals surface area contributed by atoms with Crippen molar-refractivity contribution in [3.8, 4) is 22.8 Å². The number of rotatable bonds is 10. The van der Waals surface area contributed by atoms with Gasteiger partial charge in [0.1, 0.15) is 27.5 Å². The van der Waals surface area contributed by atoms with Crippen LogP contribution in [0.4, 0.5) is 5.69 Å². The van der Waals surface area contributed by atoms with Crippen molar-refractivity contribution >= 4 is 21.6 Å². The molecule has 6 nitrogen and oxygen atoms in total. The van der Waals surface area contributed by atoms with E-state index in [1.54, 1.807) is 14.2 Å². The third kappa shape index (κ3) is 5.85. The molecule has 1 aliphatic carbocycles. The van der Waals surface area contributed by atoms with Crippen LogP contribution in [0.3, 0.4) is 0 Å². The predicted octanol–water partition coefficient (Wildman–Crippen LogP) is 6.27. The van der Waals surface area contributed by atoms with Crippen LogP contribution in [0, 0.1) is 5.92 Å². The fraction of sp³-hybridized carbons (Fsp3) is 0.429. The highest BCUT2D eigenvalue weighted by Gasteiger charge is 2.25. The quantitative estimate of drug-likeness (QED) is 0.301. The average Bonchev–Trinajstić information content (AvgIpc) is 3.62. The van der Waals surface area contributed by atoms with Gasteiger partial charge in [0.2, 0.25) is 0 Å². The molecule has 0 N–H and O–H groups in total. The summed E-state index contributed by atoms with van der Waals surface area (Å²) in [6.07, 6.45) is 3.15. The third-order valence-corrected chi connectivity index (χ3v) is 7.43. The Labute approximate surface area is 215 Å². The molecule has 0 bridgehead atoms. The maximum absolute atomic E-state index is 6.41. The van der Waals surface area contributed by atoms with Crippen molar-refractivity contribution in [3.05, 3.63) is 64.3 Å². The molecule has 2 aliphatic rings. The van der Waals surface area contributed by atoms with E-state index < -0.39 is 0 Å². The minimum absolute atomic E-state index is 0.0534. The average molecular weight is 542 g/mol. The molecule has 0 amide bonds. The first kappa shape index (κ1) is 24.2. The van der Waals surface area contributed by atoms with Gasteiger partial charge in [-0.2, -0.15) is 0 Å². The summed E-state index contributed by atoms with van der Waals surface area (Å²) in [6.45, 7) is 4.23. The number of benzene rings is 2. The molecule has 0 radical (unpaired) electrons. The van der Waals surface area contributed by atoms with E-state index in [4.69, 9.17) is 23.4 Å². The number of hydrogen-bond acceptors (Lipinski definition) is 6. The first-order valence-electron chi connectivity index (χ1n) is 12.2. The van der Waals surface area contributed by atoms with Gasteiger partial charge in [0, 0.05) is 30.8 Å². The summed E-state index contributed by atoms with van der Waals surface area (Å²) >= 11 is 3.53. The largest absolute Gasteiger partial charge is 0.495 e. The predicted molar refractivity (Wildman–Crippen MR) is 140 cm³/mol. The standard InChI is InChI=1S/C28H32BrNO5/c1-31-26-15-21(16-27(32-2)28(26)29)24-10-9-23(35-24)17-25(34-18-19-3-4-19)20-5-7-22(8-6-20)30-11-13-33-14-12-30/h5-10,15-16,19,25H,3-4,11-14,17-18H2,1-2H3. The van der Waals surface area contributed by atoms with E-state index >= 15 is 0 Å². The van der Waals surface area contributed by atoms with Crippen LogP contribution in [0.2, 0.25) is 0 Å². The van der Waals surface area contributed by atoms with Crippen LogP contribution < -0.4 is 14.4 Å². The third-order valence-electron chi connectivity index (χ3n) is 6.65. The van der Waals surface area contributed by atoms with Gasteiger partial charge in [-0.15, -0.1) is 0 Å². The van der Waals surface area contributed by atoms with E-state index in [1.165, 1.54) is 24.1 Å². The topological polar surface area (TPSA) is 53.3 Å². The van der Waals surface area contributed by atoms with Crippen molar-refractivity contribution in [1.82, 2.24) is 0 Å². The summed E-state index contributed by atoms with van der Waals surface area (Å²) in [7, 11) is 3.28. The summed E-state index contributed by atoms with van der Waals surface area (Å²) in [5.41, 5.74) is 3.31. The van der Waals surface area contributed by atoms with Gasteiger partial charge in [0.25, 0.3) is 0 Å². The van der Waals surface area contributed by atoms with E-state index in [-0.39, 0.29) is 6.10 Å². The number of furan rings is 1. The first-order chi connectivity index (χ1) is 17.1. The number of nitrogens with zero attached hydrogens (tertiary/aromatic N) is 1.